The number of aromatic nitrogens is 3. The molecule has 0 bridgehead atoms. The topological polar surface area (TPSA) is 70.0 Å². The molecule has 0 saturated heterocycles. The van der Waals surface area contributed by atoms with Crippen molar-refractivity contribution in [2.45, 2.75) is 26.4 Å². The molecule has 0 spiro atoms. The number of aliphatic imine (C=N–C) groups is 1. The Morgan fingerprint density at radius 1 is 1.32 bits per heavy atom. The molecule has 0 aliphatic heterocycles. The highest BCUT2D eigenvalue weighted by Gasteiger charge is 2.11. The Morgan fingerprint density at radius 3 is 2.89 bits per heavy atom. The van der Waals surface area contributed by atoms with Crippen LogP contribution in [0.15, 0.2) is 41.8 Å². The molecular formula is C18H22F3IN6. The van der Waals surface area contributed by atoms with Gasteiger partial charge in [-0.3, -0.25) is 4.57 Å². The summed E-state index contributed by atoms with van der Waals surface area (Å²) < 4.78 is 40.0. The summed E-state index contributed by atoms with van der Waals surface area (Å²) in [6.07, 6.45) is 5.06. The summed E-state index contributed by atoms with van der Waals surface area (Å²) >= 11 is 0. The van der Waals surface area contributed by atoms with Crippen molar-refractivity contribution >= 4 is 40.8 Å². The summed E-state index contributed by atoms with van der Waals surface area (Å²) in [6.45, 7) is 0.493. The van der Waals surface area contributed by atoms with Crippen LogP contribution >= 0.6 is 24.0 Å². The molecule has 6 nitrogen and oxygen atoms in total. The minimum absolute atomic E-state index is 0. The first-order valence-corrected chi connectivity index (χ1v) is 8.66. The average Bonchev–Trinajstić information content (AvgIpc) is 3.26. The zero-order valence-electron chi connectivity index (χ0n) is 15.3. The quantitative estimate of drug-likeness (QED) is 0.260. The standard InChI is InChI=1S/C18H21F3N6.HI/c1-2-22-18(26-11-16-23-7-8-27(16)17(20)21)24-6-5-12-10-25-15-4-3-13(19)9-14(12)15;/h3-4,7-10,17,25H,2,5-6,11H2,1H3,(H2,22,24,26);1H. The van der Waals surface area contributed by atoms with Gasteiger partial charge in [-0.1, -0.05) is 0 Å². The van der Waals surface area contributed by atoms with Crippen molar-refractivity contribution in [1.82, 2.24) is 25.2 Å². The second kappa shape index (κ2) is 10.3. The number of nitrogens with zero attached hydrogens (tertiary/aromatic N) is 3. The number of nitrogens with one attached hydrogen (secondary N) is 3. The third-order valence-corrected chi connectivity index (χ3v) is 4.10. The van der Waals surface area contributed by atoms with Crippen LogP contribution in [0.4, 0.5) is 13.2 Å². The summed E-state index contributed by atoms with van der Waals surface area (Å²) in [5, 5.41) is 7.07. The van der Waals surface area contributed by atoms with E-state index in [0.29, 0.717) is 25.5 Å². The normalized spacial score (nSPS) is 11.7. The summed E-state index contributed by atoms with van der Waals surface area (Å²) in [5.41, 5.74) is 1.87. The van der Waals surface area contributed by atoms with Crippen LogP contribution in [0.3, 0.4) is 0 Å². The molecule has 3 N–H and O–H groups in total. The third kappa shape index (κ3) is 5.40. The van der Waals surface area contributed by atoms with Gasteiger partial charge in [0.15, 0.2) is 5.96 Å². The zero-order chi connectivity index (χ0) is 19.2. The molecule has 0 unspecified atom stereocenters. The minimum Gasteiger partial charge on any atom is -0.361 e. The maximum atomic E-state index is 13.4. The van der Waals surface area contributed by atoms with Crippen LogP contribution in [-0.2, 0) is 13.0 Å². The number of H-pyrrole nitrogens is 1. The van der Waals surface area contributed by atoms with Gasteiger partial charge >= 0.3 is 6.55 Å². The second-order valence-electron chi connectivity index (χ2n) is 5.90. The van der Waals surface area contributed by atoms with Crippen LogP contribution in [0.5, 0.6) is 0 Å². The highest BCUT2D eigenvalue weighted by Crippen LogP contribution is 2.19. The van der Waals surface area contributed by atoms with Crippen molar-refractivity contribution in [1.29, 1.82) is 0 Å². The highest BCUT2D eigenvalue weighted by molar-refractivity contribution is 14.0. The first-order chi connectivity index (χ1) is 13.1. The summed E-state index contributed by atoms with van der Waals surface area (Å²) in [6, 6.07) is 4.63. The van der Waals surface area contributed by atoms with Gasteiger partial charge in [0, 0.05) is 42.6 Å². The van der Waals surface area contributed by atoms with E-state index >= 15 is 0 Å². The van der Waals surface area contributed by atoms with Crippen molar-refractivity contribution in [3.63, 3.8) is 0 Å². The molecule has 0 aliphatic rings. The van der Waals surface area contributed by atoms with E-state index in [0.717, 1.165) is 21.0 Å². The van der Waals surface area contributed by atoms with Crippen LogP contribution < -0.4 is 10.6 Å². The Labute approximate surface area is 177 Å². The first kappa shape index (κ1) is 22.1. The number of guanidine groups is 1. The van der Waals surface area contributed by atoms with Gasteiger partial charge in [-0.15, -0.1) is 24.0 Å². The number of hydrogen-bond acceptors (Lipinski definition) is 2. The molecule has 10 heteroatoms. The molecular weight excluding hydrogens is 484 g/mol. The molecule has 152 valence electrons. The van der Waals surface area contributed by atoms with E-state index < -0.39 is 6.55 Å². The van der Waals surface area contributed by atoms with Crippen molar-refractivity contribution < 1.29 is 13.2 Å². The van der Waals surface area contributed by atoms with Crippen LogP contribution in [0.1, 0.15) is 24.9 Å². The molecule has 0 fully saturated rings. The third-order valence-electron chi connectivity index (χ3n) is 4.10. The lowest BCUT2D eigenvalue weighted by molar-refractivity contribution is 0.0671. The van der Waals surface area contributed by atoms with Gasteiger partial charge in [0.25, 0.3) is 0 Å². The molecule has 0 atom stereocenters. The Balaban J connectivity index is 0.00000280. The molecule has 28 heavy (non-hydrogen) atoms. The fourth-order valence-electron chi connectivity index (χ4n) is 2.81. The largest absolute Gasteiger partial charge is 0.361 e. The average molecular weight is 506 g/mol. The predicted octanol–water partition coefficient (Wildman–Crippen LogP) is 3.81. The maximum absolute atomic E-state index is 13.4. The minimum atomic E-state index is -2.64. The Bertz CT molecular complexity index is 921. The molecule has 2 heterocycles. The van der Waals surface area contributed by atoms with Crippen LogP contribution in [0, 0.1) is 5.82 Å². The van der Waals surface area contributed by atoms with Crippen molar-refractivity contribution in [3.8, 4) is 0 Å². The van der Waals surface area contributed by atoms with Gasteiger partial charge in [0.1, 0.15) is 18.2 Å². The van der Waals surface area contributed by atoms with E-state index in [2.05, 4.69) is 25.6 Å². The predicted molar refractivity (Wildman–Crippen MR) is 114 cm³/mol. The monoisotopic (exact) mass is 506 g/mol. The second-order valence-corrected chi connectivity index (χ2v) is 5.90. The van der Waals surface area contributed by atoms with E-state index in [-0.39, 0.29) is 42.2 Å². The van der Waals surface area contributed by atoms with Gasteiger partial charge in [-0.25, -0.2) is 14.4 Å². The van der Waals surface area contributed by atoms with Gasteiger partial charge < -0.3 is 15.6 Å². The van der Waals surface area contributed by atoms with Gasteiger partial charge in [0.2, 0.25) is 0 Å². The molecule has 2 aromatic heterocycles. The van der Waals surface area contributed by atoms with E-state index in [1.54, 1.807) is 6.07 Å². The van der Waals surface area contributed by atoms with Gasteiger partial charge in [-0.2, -0.15) is 8.78 Å². The molecule has 3 aromatic rings. The number of hydrogen-bond donors (Lipinski definition) is 3. The summed E-state index contributed by atoms with van der Waals surface area (Å²) in [4.78, 5) is 11.3. The van der Waals surface area contributed by atoms with Crippen molar-refractivity contribution in [2.24, 2.45) is 4.99 Å². The fraction of sp³-hybridized carbons (Fsp3) is 0.333. The molecule has 0 saturated carbocycles. The van der Waals surface area contributed by atoms with Crippen LogP contribution in [0.2, 0.25) is 0 Å². The number of halogens is 4. The molecule has 0 radical (unpaired) electrons. The van der Waals surface area contributed by atoms with Crippen molar-refractivity contribution in [3.05, 3.63) is 54.0 Å². The number of benzene rings is 1. The van der Waals surface area contributed by atoms with E-state index in [1.165, 1.54) is 24.5 Å². The SMILES string of the molecule is CCNC(=NCc1nccn1C(F)F)NCCc1c[nH]c2ccc(F)cc12.I. The van der Waals surface area contributed by atoms with E-state index in [9.17, 15) is 13.2 Å². The summed E-state index contributed by atoms with van der Waals surface area (Å²) in [7, 11) is 0. The first-order valence-electron chi connectivity index (χ1n) is 8.66. The number of fused-ring (bicyclic) bond motifs is 1. The maximum Gasteiger partial charge on any atom is 0.319 e. The zero-order valence-corrected chi connectivity index (χ0v) is 17.6. The smallest absolute Gasteiger partial charge is 0.319 e. The van der Waals surface area contributed by atoms with Crippen LogP contribution in [-0.4, -0.2) is 33.6 Å². The number of alkyl halides is 2. The number of imidazole rings is 1. The van der Waals surface area contributed by atoms with Gasteiger partial charge in [0.05, 0.1) is 0 Å². The van der Waals surface area contributed by atoms with E-state index in [1.807, 2.05) is 13.1 Å². The van der Waals surface area contributed by atoms with E-state index in [4.69, 9.17) is 0 Å². The molecule has 3 rings (SSSR count). The molecule has 0 amide bonds. The molecule has 1 aromatic carbocycles. The Hall–Kier alpha value is -2.24. The van der Waals surface area contributed by atoms with Crippen LogP contribution in [0.25, 0.3) is 10.9 Å². The highest BCUT2D eigenvalue weighted by atomic mass is 127. The van der Waals surface area contributed by atoms with Crippen molar-refractivity contribution in [2.75, 3.05) is 13.1 Å². The fourth-order valence-corrected chi connectivity index (χ4v) is 2.81. The summed E-state index contributed by atoms with van der Waals surface area (Å²) in [5.74, 6) is 0.419. The Kier molecular flexibility index (Phi) is 8.15. The molecule has 0 aliphatic carbocycles. The van der Waals surface area contributed by atoms with Gasteiger partial charge in [-0.05, 0) is 37.1 Å². The number of aromatic amines is 1. The number of rotatable bonds is 7. The Morgan fingerprint density at radius 2 is 2.14 bits per heavy atom. The lowest BCUT2D eigenvalue weighted by atomic mass is 10.1. The lowest BCUT2D eigenvalue weighted by Crippen LogP contribution is -2.38. The lowest BCUT2D eigenvalue weighted by Gasteiger charge is -2.11.